The Labute approximate surface area is 148 Å². The fourth-order valence-corrected chi connectivity index (χ4v) is 5.91. The van der Waals surface area contributed by atoms with E-state index >= 15 is 0 Å². The maximum absolute atomic E-state index is 6.31. The molecule has 1 unspecified atom stereocenters. The van der Waals surface area contributed by atoms with Gasteiger partial charge in [-0.3, -0.25) is 0 Å². The lowest BCUT2D eigenvalue weighted by atomic mass is 10.1. The first-order chi connectivity index (χ1) is 10.1. The Hall–Kier alpha value is -0.530. The van der Waals surface area contributed by atoms with Gasteiger partial charge >= 0.3 is 0 Å². The lowest BCUT2D eigenvalue weighted by Gasteiger charge is -2.08. The number of thiophene rings is 1. The molecule has 0 aliphatic heterocycles. The molecule has 1 aromatic carbocycles. The molecule has 0 aliphatic carbocycles. The summed E-state index contributed by atoms with van der Waals surface area (Å²) in [5.41, 5.74) is 9.61. The Kier molecular flexibility index (Phi) is 4.91. The van der Waals surface area contributed by atoms with Crippen molar-refractivity contribution in [2.45, 2.75) is 12.5 Å². The Morgan fingerprint density at radius 2 is 1.95 bits per heavy atom. The number of thiazole rings is 1. The third-order valence-corrected chi connectivity index (χ3v) is 6.36. The van der Waals surface area contributed by atoms with Crippen molar-refractivity contribution in [2.75, 3.05) is 0 Å². The molecular weight excluding hydrogens is 432 g/mol. The third-order valence-electron chi connectivity index (χ3n) is 3.10. The van der Waals surface area contributed by atoms with E-state index in [1.165, 1.54) is 0 Å². The standard InChI is InChI=1S/C15H12Br2N2S2/c16-13-6-10(15(17)21-13)11(18)7-14-19-12(8-20-14)9-4-2-1-3-5-9/h1-6,8,11H,7,18H2. The Bertz CT molecular complexity index is 737. The second-order valence-electron chi connectivity index (χ2n) is 4.58. The van der Waals surface area contributed by atoms with Gasteiger partial charge in [0.1, 0.15) is 0 Å². The zero-order valence-electron chi connectivity index (χ0n) is 10.9. The molecule has 2 heterocycles. The number of aromatic nitrogens is 1. The van der Waals surface area contributed by atoms with Gasteiger partial charge in [-0.25, -0.2) is 4.98 Å². The predicted molar refractivity (Wildman–Crippen MR) is 97.9 cm³/mol. The highest BCUT2D eigenvalue weighted by molar-refractivity contribution is 9.12. The Morgan fingerprint density at radius 1 is 1.19 bits per heavy atom. The summed E-state index contributed by atoms with van der Waals surface area (Å²) in [6.45, 7) is 0. The van der Waals surface area contributed by atoms with Gasteiger partial charge in [-0.1, -0.05) is 30.3 Å². The van der Waals surface area contributed by atoms with E-state index in [0.29, 0.717) is 0 Å². The molecule has 0 saturated heterocycles. The van der Waals surface area contributed by atoms with E-state index < -0.39 is 0 Å². The predicted octanol–water partition coefficient (Wildman–Crippen LogP) is 5.64. The van der Waals surface area contributed by atoms with Crippen molar-refractivity contribution >= 4 is 54.5 Å². The van der Waals surface area contributed by atoms with Crippen LogP contribution in [0, 0.1) is 0 Å². The summed E-state index contributed by atoms with van der Waals surface area (Å²) in [6, 6.07) is 12.2. The van der Waals surface area contributed by atoms with Gasteiger partial charge in [0, 0.05) is 23.4 Å². The van der Waals surface area contributed by atoms with E-state index in [9.17, 15) is 0 Å². The molecule has 3 aromatic rings. The van der Waals surface area contributed by atoms with Crippen LogP contribution in [0.2, 0.25) is 0 Å². The maximum atomic E-state index is 6.31. The molecule has 0 aliphatic rings. The van der Waals surface area contributed by atoms with E-state index in [1.54, 1.807) is 22.7 Å². The number of nitrogens with zero attached hydrogens (tertiary/aromatic N) is 1. The van der Waals surface area contributed by atoms with Crippen molar-refractivity contribution in [3.63, 3.8) is 0 Å². The van der Waals surface area contributed by atoms with Crippen LogP contribution in [0.1, 0.15) is 16.6 Å². The molecule has 1 atom stereocenters. The molecule has 2 aromatic heterocycles. The number of halogens is 2. The SMILES string of the molecule is NC(Cc1nc(-c2ccccc2)cs1)c1cc(Br)sc1Br. The quantitative estimate of drug-likeness (QED) is 0.566. The first-order valence-corrected chi connectivity index (χ1v) is 9.62. The Balaban J connectivity index is 1.77. The summed E-state index contributed by atoms with van der Waals surface area (Å²) < 4.78 is 2.17. The summed E-state index contributed by atoms with van der Waals surface area (Å²) in [5.74, 6) is 0. The molecule has 3 rings (SSSR count). The van der Waals surface area contributed by atoms with Crippen LogP contribution in [-0.4, -0.2) is 4.98 Å². The van der Waals surface area contributed by atoms with Gasteiger partial charge in [0.15, 0.2) is 0 Å². The second kappa shape index (κ2) is 6.71. The van der Waals surface area contributed by atoms with Crippen LogP contribution in [0.15, 0.2) is 49.4 Å². The molecule has 108 valence electrons. The van der Waals surface area contributed by atoms with Crippen molar-refractivity contribution < 1.29 is 0 Å². The zero-order valence-corrected chi connectivity index (χ0v) is 15.7. The van der Waals surface area contributed by atoms with Crippen molar-refractivity contribution in [2.24, 2.45) is 5.73 Å². The van der Waals surface area contributed by atoms with Crippen LogP contribution >= 0.6 is 54.5 Å². The van der Waals surface area contributed by atoms with Crippen molar-refractivity contribution in [3.8, 4) is 11.3 Å². The summed E-state index contributed by atoms with van der Waals surface area (Å²) in [7, 11) is 0. The van der Waals surface area contributed by atoms with Gasteiger partial charge in [0.25, 0.3) is 0 Å². The van der Waals surface area contributed by atoms with Gasteiger partial charge in [-0.05, 0) is 43.5 Å². The minimum absolute atomic E-state index is 0.0447. The van der Waals surface area contributed by atoms with Gasteiger partial charge in [0.2, 0.25) is 0 Å². The largest absolute Gasteiger partial charge is 0.324 e. The summed E-state index contributed by atoms with van der Waals surface area (Å²) in [6.07, 6.45) is 0.749. The number of nitrogens with two attached hydrogens (primary N) is 1. The average molecular weight is 444 g/mol. The Morgan fingerprint density at radius 3 is 2.62 bits per heavy atom. The minimum Gasteiger partial charge on any atom is -0.324 e. The number of benzene rings is 1. The monoisotopic (exact) mass is 442 g/mol. The molecule has 0 fully saturated rings. The fraction of sp³-hybridized carbons (Fsp3) is 0.133. The van der Waals surface area contributed by atoms with Crippen LogP contribution in [0.4, 0.5) is 0 Å². The molecule has 0 spiro atoms. The van der Waals surface area contributed by atoms with Crippen molar-refractivity contribution in [1.29, 1.82) is 0 Å². The molecule has 2 nitrogen and oxygen atoms in total. The molecule has 0 radical (unpaired) electrons. The molecule has 2 N–H and O–H groups in total. The number of hydrogen-bond acceptors (Lipinski definition) is 4. The summed E-state index contributed by atoms with van der Waals surface area (Å²) in [5, 5.41) is 3.16. The molecule has 0 amide bonds. The third kappa shape index (κ3) is 3.63. The topological polar surface area (TPSA) is 38.9 Å². The van der Waals surface area contributed by atoms with E-state index in [4.69, 9.17) is 10.7 Å². The maximum Gasteiger partial charge on any atom is 0.0951 e. The molecule has 0 saturated carbocycles. The average Bonchev–Trinajstić information content (AvgIpc) is 3.06. The molecule has 21 heavy (non-hydrogen) atoms. The summed E-state index contributed by atoms with van der Waals surface area (Å²) >= 11 is 10.4. The van der Waals surface area contributed by atoms with Crippen molar-refractivity contribution in [1.82, 2.24) is 4.98 Å². The highest BCUT2D eigenvalue weighted by atomic mass is 79.9. The number of rotatable bonds is 4. The van der Waals surface area contributed by atoms with Crippen molar-refractivity contribution in [3.05, 3.63) is 59.9 Å². The fourth-order valence-electron chi connectivity index (χ4n) is 2.05. The van der Waals surface area contributed by atoms with Gasteiger partial charge < -0.3 is 5.73 Å². The van der Waals surface area contributed by atoms with E-state index in [-0.39, 0.29) is 6.04 Å². The minimum atomic E-state index is -0.0447. The highest BCUT2D eigenvalue weighted by Gasteiger charge is 2.16. The first kappa shape index (κ1) is 15.4. The van der Waals surface area contributed by atoms with Crippen LogP contribution < -0.4 is 5.73 Å². The number of hydrogen-bond donors (Lipinski definition) is 1. The van der Waals surface area contributed by atoms with Crippen LogP contribution in [0.5, 0.6) is 0 Å². The normalized spacial score (nSPS) is 12.5. The lowest BCUT2D eigenvalue weighted by molar-refractivity contribution is 0.718. The van der Waals surface area contributed by atoms with Gasteiger partial charge in [0.05, 0.1) is 18.3 Å². The first-order valence-electron chi connectivity index (χ1n) is 6.33. The molecule has 6 heteroatoms. The smallest absolute Gasteiger partial charge is 0.0951 e. The van der Waals surface area contributed by atoms with E-state index in [0.717, 1.165) is 35.8 Å². The summed E-state index contributed by atoms with van der Waals surface area (Å²) in [4.78, 5) is 4.70. The lowest BCUT2D eigenvalue weighted by Crippen LogP contribution is -2.12. The van der Waals surface area contributed by atoms with E-state index in [1.807, 2.05) is 18.2 Å². The van der Waals surface area contributed by atoms with E-state index in [2.05, 4.69) is 55.4 Å². The van der Waals surface area contributed by atoms with Crippen LogP contribution in [-0.2, 0) is 6.42 Å². The van der Waals surface area contributed by atoms with Crippen LogP contribution in [0.25, 0.3) is 11.3 Å². The highest BCUT2D eigenvalue weighted by Crippen LogP contribution is 2.36. The second-order valence-corrected chi connectivity index (χ2v) is 9.27. The van der Waals surface area contributed by atoms with Gasteiger partial charge in [-0.2, -0.15) is 0 Å². The zero-order chi connectivity index (χ0) is 14.8. The molecular formula is C15H12Br2N2S2. The van der Waals surface area contributed by atoms with Gasteiger partial charge in [-0.15, -0.1) is 22.7 Å². The van der Waals surface area contributed by atoms with Crippen LogP contribution in [0.3, 0.4) is 0 Å². The molecule has 0 bridgehead atoms.